The van der Waals surface area contributed by atoms with Crippen molar-refractivity contribution < 1.29 is 4.74 Å². The molecule has 30 heavy (non-hydrogen) atoms. The number of ether oxygens (including phenoxy) is 1. The fourth-order valence-electron chi connectivity index (χ4n) is 2.66. The molecule has 0 aromatic heterocycles. The maximum Gasteiger partial charge on any atom is 0.108 e. The number of methoxy groups -OCH3 is 1. The summed E-state index contributed by atoms with van der Waals surface area (Å²) in [5, 5.41) is 12.0. The molecular weight excluding hydrogens is 390 g/mol. The molecule has 0 heterocycles. The van der Waals surface area contributed by atoms with Gasteiger partial charge in [-0.1, -0.05) is 38.5 Å². The van der Waals surface area contributed by atoms with Crippen molar-refractivity contribution in [2.75, 3.05) is 32.7 Å². The number of fused-ring (bicyclic) bond motifs is 1. The molecule has 0 bridgehead atoms. The maximum absolute atomic E-state index is 9.64. The van der Waals surface area contributed by atoms with Crippen molar-refractivity contribution in [3.8, 4) is 6.07 Å². The van der Waals surface area contributed by atoms with Gasteiger partial charge in [0.15, 0.2) is 0 Å². The van der Waals surface area contributed by atoms with Gasteiger partial charge < -0.3 is 9.64 Å². The van der Waals surface area contributed by atoms with E-state index in [0.717, 1.165) is 17.6 Å². The zero-order valence-electron chi connectivity index (χ0n) is 19.8. The number of nitrogens with one attached hydrogen (secondary N) is 1. The summed E-state index contributed by atoms with van der Waals surface area (Å²) in [6.45, 7) is 11.2. The van der Waals surface area contributed by atoms with Crippen LogP contribution in [0.4, 0.5) is 5.69 Å². The Balaban J connectivity index is 0.00000141. The Labute approximate surface area is 187 Å². The molecule has 2 rings (SSSR count). The molecule has 0 atom stereocenters. The molecule has 1 N–H and O–H groups in total. The number of hydrogen-bond acceptors (Lipinski definition) is 5. The fourth-order valence-corrected chi connectivity index (χ4v) is 3.45. The van der Waals surface area contributed by atoms with Crippen LogP contribution in [-0.2, 0) is 4.74 Å². The van der Waals surface area contributed by atoms with Gasteiger partial charge in [0.25, 0.3) is 0 Å². The minimum atomic E-state index is -0.116. The number of anilines is 1. The minimum Gasteiger partial charge on any atom is -0.385 e. The maximum atomic E-state index is 9.64. The van der Waals surface area contributed by atoms with Crippen LogP contribution in [-0.4, -0.2) is 33.4 Å². The molecule has 0 amide bonds. The molecule has 0 spiro atoms. The van der Waals surface area contributed by atoms with Crippen molar-refractivity contribution in [2.45, 2.75) is 53.0 Å². The molecule has 2 aromatic carbocycles. The zero-order valence-corrected chi connectivity index (χ0v) is 20.6. The molecule has 4 nitrogen and oxygen atoms in total. The van der Waals surface area contributed by atoms with E-state index in [1.54, 1.807) is 7.11 Å². The molecule has 0 unspecified atom stereocenters. The summed E-state index contributed by atoms with van der Waals surface area (Å²) in [4.78, 5) is 2.78. The average molecular weight is 428 g/mol. The Morgan fingerprint density at radius 1 is 1.13 bits per heavy atom. The first kappa shape index (κ1) is 26.0. The summed E-state index contributed by atoms with van der Waals surface area (Å²) >= 11 is 1.40. The lowest BCUT2D eigenvalue weighted by Gasteiger charge is -2.25. The highest BCUT2D eigenvalue weighted by Gasteiger charge is 2.18. The first-order chi connectivity index (χ1) is 14.2. The van der Waals surface area contributed by atoms with Gasteiger partial charge in [0.05, 0.1) is 0 Å². The number of allylic oxidation sites excluding steroid dienone is 2. The Morgan fingerprint density at radius 2 is 1.73 bits per heavy atom. The second kappa shape index (κ2) is 12.6. The molecule has 0 aliphatic rings. The summed E-state index contributed by atoms with van der Waals surface area (Å²) in [5.74, 6) is 0. The van der Waals surface area contributed by atoms with Crippen LogP contribution in [0, 0.1) is 11.3 Å². The van der Waals surface area contributed by atoms with Crippen molar-refractivity contribution >= 4 is 34.0 Å². The normalized spacial score (nSPS) is 12.0. The number of nitrogens with zero attached hydrogens (tertiary/aromatic N) is 2. The second-order valence-electron chi connectivity index (χ2n) is 8.24. The Kier molecular flexibility index (Phi) is 11.0. The molecule has 0 radical (unpaired) electrons. The van der Waals surface area contributed by atoms with Gasteiger partial charge in [-0.3, -0.25) is 4.72 Å². The molecule has 5 heteroatoms. The molecule has 0 saturated carbocycles. The summed E-state index contributed by atoms with van der Waals surface area (Å²) in [6.07, 6.45) is 2.12. The van der Waals surface area contributed by atoms with Crippen LogP contribution < -0.4 is 9.62 Å². The monoisotopic (exact) mass is 427 g/mol. The molecule has 0 saturated heterocycles. The van der Waals surface area contributed by atoms with Gasteiger partial charge in [0, 0.05) is 39.0 Å². The van der Waals surface area contributed by atoms with E-state index in [4.69, 9.17) is 4.74 Å². The molecule has 164 valence electrons. The smallest absolute Gasteiger partial charge is 0.108 e. The van der Waals surface area contributed by atoms with Crippen LogP contribution in [0.15, 0.2) is 41.3 Å². The largest absolute Gasteiger partial charge is 0.385 e. The molecule has 0 fully saturated rings. The van der Waals surface area contributed by atoms with Gasteiger partial charge in [-0.05, 0) is 79.2 Å². The lowest BCUT2D eigenvalue weighted by molar-refractivity contribution is 0.173. The lowest BCUT2D eigenvalue weighted by Crippen LogP contribution is -2.35. The van der Waals surface area contributed by atoms with E-state index in [0.29, 0.717) is 11.5 Å². The van der Waals surface area contributed by atoms with Crippen molar-refractivity contribution in [2.24, 2.45) is 0 Å². The molecule has 0 aliphatic carbocycles. The Hall–Kier alpha value is -2.00. The van der Waals surface area contributed by atoms with E-state index in [1.165, 1.54) is 34.8 Å². The summed E-state index contributed by atoms with van der Waals surface area (Å²) in [6, 6.07) is 15.1. The van der Waals surface area contributed by atoms with E-state index in [2.05, 4.69) is 79.8 Å². The van der Waals surface area contributed by atoms with Crippen molar-refractivity contribution in [3.05, 3.63) is 46.9 Å². The standard InChI is InChI=1S/C22H29N3OS.C3H8/c1-16(21(15-23)27-24-22(2,3)11-12-26-6)17-7-8-19-14-20(25(4)5)10-9-18(19)13-17;1-3-2/h7-10,13-14,24H,11-12H2,1-6H3;3H2,1-2H3/b21-16+;. The number of benzene rings is 2. The van der Waals surface area contributed by atoms with E-state index < -0.39 is 0 Å². The Bertz CT molecular complexity index is 882. The van der Waals surface area contributed by atoms with Gasteiger partial charge in [-0.25, -0.2) is 0 Å². The van der Waals surface area contributed by atoms with Crippen LogP contribution in [0.5, 0.6) is 0 Å². The van der Waals surface area contributed by atoms with E-state index >= 15 is 0 Å². The third-order valence-corrected chi connectivity index (χ3v) is 5.83. The number of rotatable bonds is 8. The fraction of sp³-hybridized carbons (Fsp3) is 0.480. The third-order valence-electron chi connectivity index (χ3n) is 4.58. The van der Waals surface area contributed by atoms with Crippen molar-refractivity contribution in [1.82, 2.24) is 4.72 Å². The zero-order chi connectivity index (χ0) is 22.7. The van der Waals surface area contributed by atoms with E-state index in [1.807, 2.05) is 21.0 Å². The lowest BCUT2D eigenvalue weighted by atomic mass is 10.0. The van der Waals surface area contributed by atoms with Gasteiger partial charge >= 0.3 is 0 Å². The summed E-state index contributed by atoms with van der Waals surface area (Å²) in [7, 11) is 5.79. The van der Waals surface area contributed by atoms with Crippen molar-refractivity contribution in [1.29, 1.82) is 5.26 Å². The molecular formula is C25H37N3OS. The van der Waals surface area contributed by atoms with Crippen LogP contribution >= 0.6 is 11.9 Å². The topological polar surface area (TPSA) is 48.3 Å². The van der Waals surface area contributed by atoms with Gasteiger partial charge in [-0.15, -0.1) is 0 Å². The summed E-state index contributed by atoms with van der Waals surface area (Å²) in [5.41, 5.74) is 3.12. The van der Waals surface area contributed by atoms with E-state index in [9.17, 15) is 5.26 Å². The third kappa shape index (κ3) is 8.02. The first-order valence-corrected chi connectivity index (χ1v) is 11.3. The van der Waals surface area contributed by atoms with Gasteiger partial charge in [-0.2, -0.15) is 5.26 Å². The first-order valence-electron chi connectivity index (χ1n) is 10.4. The average Bonchev–Trinajstić information content (AvgIpc) is 2.72. The van der Waals surface area contributed by atoms with Gasteiger partial charge in [0.2, 0.25) is 0 Å². The highest BCUT2D eigenvalue weighted by atomic mass is 32.2. The highest BCUT2D eigenvalue weighted by molar-refractivity contribution is 8.01. The summed E-state index contributed by atoms with van der Waals surface area (Å²) < 4.78 is 8.57. The van der Waals surface area contributed by atoms with Crippen LogP contribution in [0.1, 0.15) is 53.0 Å². The van der Waals surface area contributed by atoms with E-state index in [-0.39, 0.29) is 5.54 Å². The molecule has 0 aliphatic heterocycles. The number of nitriles is 1. The minimum absolute atomic E-state index is 0.116. The number of hydrogen-bond donors (Lipinski definition) is 1. The SMILES string of the molecule is CCC.COCCC(C)(C)NS/C(C#N)=C(\C)c1ccc2cc(N(C)C)ccc2c1. The van der Waals surface area contributed by atoms with Gasteiger partial charge in [0.1, 0.15) is 11.0 Å². The predicted octanol–water partition coefficient (Wildman–Crippen LogP) is 6.63. The Morgan fingerprint density at radius 3 is 2.30 bits per heavy atom. The quantitative estimate of drug-likeness (QED) is 0.378. The van der Waals surface area contributed by atoms with Crippen LogP contribution in [0.25, 0.3) is 16.3 Å². The second-order valence-corrected chi connectivity index (χ2v) is 9.06. The highest BCUT2D eigenvalue weighted by Crippen LogP contribution is 2.30. The predicted molar refractivity (Wildman–Crippen MR) is 134 cm³/mol. The van der Waals surface area contributed by atoms with Crippen LogP contribution in [0.3, 0.4) is 0 Å². The molecule has 2 aromatic rings. The van der Waals surface area contributed by atoms with Crippen molar-refractivity contribution in [3.63, 3.8) is 0 Å². The van der Waals surface area contributed by atoms with Crippen LogP contribution in [0.2, 0.25) is 0 Å².